The second kappa shape index (κ2) is 12.8. The van der Waals surface area contributed by atoms with Crippen molar-refractivity contribution in [1.82, 2.24) is 4.90 Å². The van der Waals surface area contributed by atoms with Crippen LogP contribution in [0.15, 0.2) is 24.3 Å². The molecule has 0 spiro atoms. The zero-order valence-electron chi connectivity index (χ0n) is 12.0. The van der Waals surface area contributed by atoms with Crippen LogP contribution in [0.3, 0.4) is 0 Å². The van der Waals surface area contributed by atoms with Crippen LogP contribution in [0.25, 0.3) is 0 Å². The van der Waals surface area contributed by atoms with E-state index < -0.39 is 0 Å². The van der Waals surface area contributed by atoms with Crippen LogP contribution >= 0.6 is 0 Å². The molecule has 3 nitrogen and oxygen atoms in total. The van der Waals surface area contributed by atoms with Crippen LogP contribution in [0.5, 0.6) is 11.5 Å². The number of aromatic hydroxyl groups is 1. The first-order valence-electron chi connectivity index (χ1n) is 6.25. The number of ether oxygens (including phenoxy) is 1. The zero-order valence-corrected chi connectivity index (χ0v) is 12.0. The third kappa shape index (κ3) is 11.1. The Morgan fingerprint density at radius 3 is 1.88 bits per heavy atom. The van der Waals surface area contributed by atoms with Crippen molar-refractivity contribution < 1.29 is 9.84 Å². The smallest absolute Gasteiger partial charge is 0.119 e. The first-order chi connectivity index (χ1) is 8.18. The van der Waals surface area contributed by atoms with Crippen LogP contribution in [0, 0.1) is 0 Å². The standard InChI is InChI=1S/C10H15NO2.2C2H6/c1-11(2)7-8-13-10-5-3-9(12)4-6-10;2*1-2/h3-6,12H,7-8H2,1-2H3;2*1-2H3. The van der Waals surface area contributed by atoms with E-state index in [4.69, 9.17) is 9.84 Å². The third-order valence-electron chi connectivity index (χ3n) is 1.64. The summed E-state index contributed by atoms with van der Waals surface area (Å²) in [5, 5.41) is 9.01. The Balaban J connectivity index is 0. The van der Waals surface area contributed by atoms with Gasteiger partial charge in [-0.1, -0.05) is 27.7 Å². The minimum atomic E-state index is 0.264. The van der Waals surface area contributed by atoms with E-state index in [0.29, 0.717) is 6.61 Å². The van der Waals surface area contributed by atoms with E-state index in [1.807, 2.05) is 41.8 Å². The molecule has 0 unspecified atom stereocenters. The Morgan fingerprint density at radius 1 is 1.00 bits per heavy atom. The lowest BCUT2D eigenvalue weighted by molar-refractivity contribution is 0.261. The van der Waals surface area contributed by atoms with E-state index in [1.165, 1.54) is 0 Å². The fourth-order valence-electron chi connectivity index (χ4n) is 0.888. The minimum Gasteiger partial charge on any atom is -0.508 e. The summed E-state index contributed by atoms with van der Waals surface area (Å²) in [6.07, 6.45) is 0. The van der Waals surface area contributed by atoms with Gasteiger partial charge < -0.3 is 14.7 Å². The summed E-state index contributed by atoms with van der Waals surface area (Å²) in [4.78, 5) is 2.06. The molecule has 0 radical (unpaired) electrons. The molecule has 0 bridgehead atoms. The highest BCUT2D eigenvalue weighted by Crippen LogP contribution is 2.15. The molecular weight excluding hydrogens is 214 g/mol. The van der Waals surface area contributed by atoms with Gasteiger partial charge in [0, 0.05) is 6.54 Å². The van der Waals surface area contributed by atoms with E-state index >= 15 is 0 Å². The van der Waals surface area contributed by atoms with Gasteiger partial charge in [-0.25, -0.2) is 0 Å². The van der Waals surface area contributed by atoms with Gasteiger partial charge in [0.1, 0.15) is 18.1 Å². The molecule has 0 aliphatic rings. The van der Waals surface area contributed by atoms with Crippen molar-refractivity contribution in [3.63, 3.8) is 0 Å². The number of hydrogen-bond donors (Lipinski definition) is 1. The average molecular weight is 241 g/mol. The normalized spacial score (nSPS) is 8.65. The summed E-state index contributed by atoms with van der Waals surface area (Å²) in [6, 6.07) is 6.74. The van der Waals surface area contributed by atoms with Crippen molar-refractivity contribution in [1.29, 1.82) is 0 Å². The molecule has 0 saturated heterocycles. The quantitative estimate of drug-likeness (QED) is 0.877. The van der Waals surface area contributed by atoms with Gasteiger partial charge in [0.15, 0.2) is 0 Å². The van der Waals surface area contributed by atoms with E-state index in [9.17, 15) is 0 Å². The van der Waals surface area contributed by atoms with Gasteiger partial charge in [0.05, 0.1) is 0 Å². The number of rotatable bonds is 4. The largest absolute Gasteiger partial charge is 0.508 e. The Kier molecular flexibility index (Phi) is 13.7. The zero-order chi connectivity index (χ0) is 13.7. The number of hydrogen-bond acceptors (Lipinski definition) is 3. The highest BCUT2D eigenvalue weighted by Gasteiger charge is 1.94. The number of benzene rings is 1. The van der Waals surface area contributed by atoms with E-state index in [2.05, 4.69) is 4.90 Å². The van der Waals surface area contributed by atoms with Gasteiger partial charge in [-0.05, 0) is 38.4 Å². The second-order valence-corrected chi connectivity index (χ2v) is 3.15. The Hall–Kier alpha value is -1.22. The van der Waals surface area contributed by atoms with Crippen LogP contribution in [0.2, 0.25) is 0 Å². The fraction of sp³-hybridized carbons (Fsp3) is 0.571. The molecular formula is C14H27NO2. The number of phenolic OH excluding ortho intramolecular Hbond substituents is 1. The number of phenols is 1. The van der Waals surface area contributed by atoms with Crippen molar-refractivity contribution >= 4 is 0 Å². The molecule has 100 valence electrons. The molecule has 1 N–H and O–H groups in total. The average Bonchev–Trinajstić information content (AvgIpc) is 2.36. The summed E-state index contributed by atoms with van der Waals surface area (Å²) in [5.74, 6) is 1.06. The van der Waals surface area contributed by atoms with Crippen LogP contribution in [-0.2, 0) is 0 Å². The van der Waals surface area contributed by atoms with Crippen molar-refractivity contribution in [2.24, 2.45) is 0 Å². The molecule has 0 amide bonds. The lowest BCUT2D eigenvalue weighted by Gasteiger charge is -2.10. The Morgan fingerprint density at radius 2 is 1.47 bits per heavy atom. The molecule has 0 aromatic heterocycles. The maximum atomic E-state index is 9.01. The van der Waals surface area contributed by atoms with E-state index in [0.717, 1.165) is 12.3 Å². The van der Waals surface area contributed by atoms with Crippen LogP contribution in [-0.4, -0.2) is 37.3 Å². The molecule has 1 aromatic rings. The van der Waals surface area contributed by atoms with Crippen LogP contribution in [0.4, 0.5) is 0 Å². The Bertz CT molecular complexity index is 245. The summed E-state index contributed by atoms with van der Waals surface area (Å²) < 4.78 is 5.42. The molecule has 0 fully saturated rings. The minimum absolute atomic E-state index is 0.264. The highest BCUT2D eigenvalue weighted by atomic mass is 16.5. The summed E-state index contributed by atoms with van der Waals surface area (Å²) in [7, 11) is 4.00. The van der Waals surface area contributed by atoms with Crippen LogP contribution in [0.1, 0.15) is 27.7 Å². The Labute approximate surface area is 106 Å². The molecule has 0 atom stereocenters. The van der Waals surface area contributed by atoms with Gasteiger partial charge in [-0.15, -0.1) is 0 Å². The van der Waals surface area contributed by atoms with Gasteiger partial charge in [-0.2, -0.15) is 0 Å². The molecule has 0 aliphatic heterocycles. The van der Waals surface area contributed by atoms with Gasteiger partial charge in [-0.3, -0.25) is 0 Å². The topological polar surface area (TPSA) is 32.7 Å². The second-order valence-electron chi connectivity index (χ2n) is 3.15. The monoisotopic (exact) mass is 241 g/mol. The van der Waals surface area contributed by atoms with Gasteiger partial charge >= 0.3 is 0 Å². The van der Waals surface area contributed by atoms with E-state index in [-0.39, 0.29) is 5.75 Å². The molecule has 17 heavy (non-hydrogen) atoms. The predicted octanol–water partition coefficient (Wildman–Crippen LogP) is 3.39. The molecule has 0 saturated carbocycles. The van der Waals surface area contributed by atoms with Crippen molar-refractivity contribution in [2.45, 2.75) is 27.7 Å². The fourth-order valence-corrected chi connectivity index (χ4v) is 0.888. The summed E-state index contributed by atoms with van der Waals surface area (Å²) >= 11 is 0. The van der Waals surface area contributed by atoms with Crippen molar-refractivity contribution in [3.05, 3.63) is 24.3 Å². The maximum Gasteiger partial charge on any atom is 0.119 e. The van der Waals surface area contributed by atoms with Gasteiger partial charge in [0.2, 0.25) is 0 Å². The van der Waals surface area contributed by atoms with Crippen molar-refractivity contribution in [3.8, 4) is 11.5 Å². The number of nitrogens with zero attached hydrogens (tertiary/aromatic N) is 1. The molecule has 0 aliphatic carbocycles. The molecule has 0 heterocycles. The predicted molar refractivity (Wildman–Crippen MR) is 74.9 cm³/mol. The SMILES string of the molecule is CC.CC.CN(C)CCOc1ccc(O)cc1. The number of likely N-dealkylation sites (N-methyl/N-ethyl adjacent to an activating group) is 1. The summed E-state index contributed by atoms with van der Waals surface area (Å²) in [6.45, 7) is 9.55. The lowest BCUT2D eigenvalue weighted by atomic mass is 10.3. The highest BCUT2D eigenvalue weighted by molar-refractivity contribution is 5.29. The first-order valence-corrected chi connectivity index (χ1v) is 6.25. The third-order valence-corrected chi connectivity index (χ3v) is 1.64. The van der Waals surface area contributed by atoms with Gasteiger partial charge in [0.25, 0.3) is 0 Å². The first kappa shape index (κ1) is 18.2. The maximum absolute atomic E-state index is 9.01. The van der Waals surface area contributed by atoms with E-state index in [1.54, 1.807) is 24.3 Å². The molecule has 1 aromatic carbocycles. The summed E-state index contributed by atoms with van der Waals surface area (Å²) in [5.41, 5.74) is 0. The molecule has 3 heteroatoms. The molecule has 1 rings (SSSR count). The van der Waals surface area contributed by atoms with Crippen molar-refractivity contribution in [2.75, 3.05) is 27.2 Å². The van der Waals surface area contributed by atoms with Crippen LogP contribution < -0.4 is 4.74 Å². The lowest BCUT2D eigenvalue weighted by Crippen LogP contribution is -2.19.